The minimum Gasteiger partial charge on any atom is -0.328 e. The van der Waals surface area contributed by atoms with E-state index in [0.717, 1.165) is 0 Å². The monoisotopic (exact) mass is 84.0 g/mol. The van der Waals surface area contributed by atoms with E-state index in [2.05, 4.69) is 0 Å². The molecular formula is C3H3F2Li. The molecule has 0 atom stereocenters. The Morgan fingerprint density at radius 1 is 1.50 bits per heavy atom. The third-order valence-corrected chi connectivity index (χ3v) is 0.145. The predicted molar refractivity (Wildman–Crippen MR) is 15.7 cm³/mol. The van der Waals surface area contributed by atoms with Crippen molar-refractivity contribution in [1.82, 2.24) is 0 Å². The molecule has 6 heavy (non-hydrogen) atoms. The molecule has 0 heterocycles. The second kappa shape index (κ2) is 8.91. The van der Waals surface area contributed by atoms with E-state index in [4.69, 9.17) is 0 Å². The third-order valence-electron chi connectivity index (χ3n) is 0.145. The van der Waals surface area contributed by atoms with E-state index in [0.29, 0.717) is 6.08 Å². The summed E-state index contributed by atoms with van der Waals surface area (Å²) < 4.78 is 21.1. The van der Waals surface area contributed by atoms with Crippen molar-refractivity contribution < 1.29 is 27.6 Å². The maximum atomic E-state index is 10.5. The van der Waals surface area contributed by atoms with Crippen LogP contribution in [0.25, 0.3) is 0 Å². The summed E-state index contributed by atoms with van der Waals surface area (Å²) in [6.45, 7) is 0.125. The zero-order valence-corrected chi connectivity index (χ0v) is 3.49. The summed E-state index contributed by atoms with van der Waals surface area (Å²) in [6, 6.07) is 0. The van der Waals surface area contributed by atoms with Crippen LogP contribution in [0.3, 0.4) is 0 Å². The van der Waals surface area contributed by atoms with Gasteiger partial charge in [-0.05, 0) is 0 Å². The number of rotatable bonds is 1. The topological polar surface area (TPSA) is 0 Å². The van der Waals surface area contributed by atoms with Crippen molar-refractivity contribution in [2.24, 2.45) is 0 Å². The zero-order valence-electron chi connectivity index (χ0n) is 3.49. The molecule has 0 rings (SSSR count). The number of hydrogen-bond donors (Lipinski definition) is 0. The Bertz CT molecular complexity index is 35.8. The average molecular weight is 84.0 g/mol. The largest absolute Gasteiger partial charge is 1.00 e. The molecule has 0 fully saturated rings. The van der Waals surface area contributed by atoms with E-state index in [1.807, 2.05) is 0 Å². The molecular weight excluding hydrogens is 81.0 g/mol. The van der Waals surface area contributed by atoms with Gasteiger partial charge in [0.15, 0.2) is 0 Å². The zero-order chi connectivity index (χ0) is 4.12. The molecule has 0 aliphatic rings. The van der Waals surface area contributed by atoms with Gasteiger partial charge in [-0.2, -0.15) is 6.08 Å². The molecule has 0 aliphatic carbocycles. The Hall–Kier alpha value is 0.0674. The first-order valence-corrected chi connectivity index (χ1v) is 1.10. The van der Waals surface area contributed by atoms with Crippen LogP contribution in [0.2, 0.25) is 0 Å². The Kier molecular flexibility index (Phi) is 14.0. The first-order chi connectivity index (χ1) is 2.41. The van der Waals surface area contributed by atoms with Crippen molar-refractivity contribution in [1.29, 1.82) is 0 Å². The fourth-order valence-electron chi connectivity index (χ4n) is 0.0275. The first kappa shape index (κ1) is 9.42. The second-order valence-corrected chi connectivity index (χ2v) is 0.444. The molecule has 0 spiro atoms. The number of halogens is 2. The summed E-state index contributed by atoms with van der Waals surface area (Å²) in [5.41, 5.74) is 0. The summed E-state index contributed by atoms with van der Waals surface area (Å²) >= 11 is 0. The Balaban J connectivity index is 0. The summed E-state index contributed by atoms with van der Waals surface area (Å²) in [5.74, 6) is 0. The van der Waals surface area contributed by atoms with Gasteiger partial charge in [0.1, 0.15) is 0 Å². The first-order valence-electron chi connectivity index (χ1n) is 1.10. The number of hydrogen-bond acceptors (Lipinski definition) is 0. The van der Waals surface area contributed by atoms with E-state index < -0.39 is 0 Å². The normalized spacial score (nSPS) is 7.67. The summed E-state index contributed by atoms with van der Waals surface area (Å²) in [4.78, 5) is 0. The van der Waals surface area contributed by atoms with Gasteiger partial charge in [-0.15, -0.1) is 0 Å². The van der Waals surface area contributed by atoms with Gasteiger partial charge in [-0.3, -0.25) is 0 Å². The molecule has 0 aliphatic heterocycles. The van der Waals surface area contributed by atoms with Gasteiger partial charge in [0.05, 0.1) is 0 Å². The fraction of sp³-hybridized carbons (Fsp3) is 0. The van der Waals surface area contributed by atoms with Crippen LogP contribution < -0.4 is 18.9 Å². The van der Waals surface area contributed by atoms with Crippen LogP contribution in [0.5, 0.6) is 0 Å². The van der Waals surface area contributed by atoms with E-state index in [1.165, 1.54) is 0 Å². The van der Waals surface area contributed by atoms with Crippen LogP contribution in [-0.4, -0.2) is 0 Å². The summed E-state index contributed by atoms with van der Waals surface area (Å²) in [5, 5.41) is 0. The van der Waals surface area contributed by atoms with E-state index in [1.54, 1.807) is 0 Å². The standard InChI is InChI=1S/C3H3F2.Li/c4-2-1-3-5;/h1-3H;/q-1;+1. The second-order valence-electron chi connectivity index (χ2n) is 0.444. The number of allylic oxidation sites excluding steroid dienone is 1. The molecule has 0 saturated carbocycles. The van der Waals surface area contributed by atoms with Gasteiger partial charge >= 0.3 is 18.9 Å². The van der Waals surface area contributed by atoms with Crippen molar-refractivity contribution >= 4 is 0 Å². The molecule has 30 valence electrons. The van der Waals surface area contributed by atoms with Crippen LogP contribution in [0.4, 0.5) is 8.78 Å². The maximum absolute atomic E-state index is 10.5. The quantitative estimate of drug-likeness (QED) is 0.271. The van der Waals surface area contributed by atoms with Crippen molar-refractivity contribution in [3.63, 3.8) is 0 Å². The molecule has 0 radical (unpaired) electrons. The summed E-state index contributed by atoms with van der Waals surface area (Å²) in [6.07, 6.45) is 0.792. The molecule has 0 amide bonds. The minimum atomic E-state index is 0. The predicted octanol–water partition coefficient (Wildman–Crippen LogP) is -1.40. The molecule has 0 aromatic heterocycles. The van der Waals surface area contributed by atoms with Gasteiger partial charge in [-0.1, -0.05) is 13.0 Å². The van der Waals surface area contributed by atoms with Crippen molar-refractivity contribution in [2.75, 3.05) is 0 Å². The molecule has 3 heteroatoms. The SMILES string of the molecule is FC=C[CH-]F.[Li+]. The Labute approximate surface area is 47.4 Å². The Morgan fingerprint density at radius 2 is 2.00 bits per heavy atom. The van der Waals surface area contributed by atoms with Crippen molar-refractivity contribution in [3.05, 3.63) is 19.1 Å². The van der Waals surface area contributed by atoms with E-state index in [9.17, 15) is 8.78 Å². The molecule has 0 aromatic carbocycles. The van der Waals surface area contributed by atoms with Crippen LogP contribution >= 0.6 is 0 Å². The van der Waals surface area contributed by atoms with E-state index in [-0.39, 0.29) is 31.9 Å². The van der Waals surface area contributed by atoms with Gasteiger partial charge in [-0.25, -0.2) is 0 Å². The summed E-state index contributed by atoms with van der Waals surface area (Å²) in [7, 11) is 0. The minimum absolute atomic E-state index is 0. The molecule has 0 bridgehead atoms. The van der Waals surface area contributed by atoms with Gasteiger partial charge in [0, 0.05) is 0 Å². The van der Waals surface area contributed by atoms with Crippen molar-refractivity contribution in [3.8, 4) is 0 Å². The van der Waals surface area contributed by atoms with Crippen LogP contribution in [-0.2, 0) is 0 Å². The van der Waals surface area contributed by atoms with E-state index >= 15 is 0 Å². The Morgan fingerprint density at radius 3 is 2.00 bits per heavy atom. The molecule has 0 N–H and O–H groups in total. The maximum Gasteiger partial charge on any atom is 1.00 e. The van der Waals surface area contributed by atoms with Gasteiger partial charge < -0.3 is 8.78 Å². The van der Waals surface area contributed by atoms with Crippen LogP contribution in [0, 0.1) is 6.67 Å². The molecule has 0 saturated heterocycles. The van der Waals surface area contributed by atoms with Crippen LogP contribution in [0.15, 0.2) is 12.4 Å². The molecule has 0 nitrogen and oxygen atoms in total. The average Bonchev–Trinajstić information content (AvgIpc) is 1.41. The molecule has 0 aromatic rings. The van der Waals surface area contributed by atoms with Gasteiger partial charge in [0.25, 0.3) is 0 Å². The van der Waals surface area contributed by atoms with Crippen LogP contribution in [0.1, 0.15) is 0 Å². The smallest absolute Gasteiger partial charge is 0.328 e. The van der Waals surface area contributed by atoms with Crippen molar-refractivity contribution in [2.45, 2.75) is 0 Å². The third kappa shape index (κ3) is 8.95. The van der Waals surface area contributed by atoms with Gasteiger partial charge in [0.2, 0.25) is 0 Å². The molecule has 0 unspecified atom stereocenters. The fourth-order valence-corrected chi connectivity index (χ4v) is 0.0275.